The van der Waals surface area contributed by atoms with Crippen LogP contribution in [0.5, 0.6) is 0 Å². The maximum absolute atomic E-state index is 12.9. The van der Waals surface area contributed by atoms with Crippen LogP contribution in [0.25, 0.3) is 0 Å². The Kier molecular flexibility index (Phi) is 7.04. The van der Waals surface area contributed by atoms with E-state index in [0.29, 0.717) is 29.7 Å². The maximum Gasteiger partial charge on any atom is 0.222 e. The summed E-state index contributed by atoms with van der Waals surface area (Å²) in [5.74, 6) is 4.93. The molecule has 5 fully saturated rings. The van der Waals surface area contributed by atoms with E-state index in [9.17, 15) is 14.7 Å². The molecule has 1 heterocycles. The third-order valence-electron chi connectivity index (χ3n) is 12.2. The number of carbonyl (C=O) groups is 2. The summed E-state index contributed by atoms with van der Waals surface area (Å²) in [5, 5.41) is 13.3. The summed E-state index contributed by atoms with van der Waals surface area (Å²) in [6.45, 7) is 10.6. The van der Waals surface area contributed by atoms with Crippen LogP contribution < -0.4 is 5.32 Å². The van der Waals surface area contributed by atoms with E-state index in [1.165, 1.54) is 44.9 Å². The highest BCUT2D eigenvalue weighted by Crippen LogP contribution is 2.68. The van der Waals surface area contributed by atoms with Gasteiger partial charge in [0, 0.05) is 32.5 Å². The summed E-state index contributed by atoms with van der Waals surface area (Å²) >= 11 is 0. The number of aliphatic hydroxyl groups is 1. The fourth-order valence-electron chi connectivity index (χ4n) is 10.3. The summed E-state index contributed by atoms with van der Waals surface area (Å²) < 4.78 is 0. The number of hydrogen-bond acceptors (Lipinski definition) is 3. The third kappa shape index (κ3) is 4.57. The second-order valence-electron chi connectivity index (χ2n) is 13.9. The zero-order valence-corrected chi connectivity index (χ0v) is 22.7. The molecule has 10 atom stereocenters. The molecule has 4 aliphatic carbocycles. The monoisotopic (exact) mass is 486 g/mol. The van der Waals surface area contributed by atoms with E-state index in [2.05, 4.69) is 26.1 Å². The van der Waals surface area contributed by atoms with Crippen LogP contribution in [0.2, 0.25) is 0 Å². The molecule has 0 aromatic rings. The van der Waals surface area contributed by atoms with Gasteiger partial charge in [-0.05, 0) is 117 Å². The Morgan fingerprint density at radius 2 is 1.74 bits per heavy atom. The van der Waals surface area contributed by atoms with Crippen LogP contribution in [-0.4, -0.2) is 47.1 Å². The van der Waals surface area contributed by atoms with Crippen molar-refractivity contribution in [2.75, 3.05) is 13.1 Å². The topological polar surface area (TPSA) is 69.6 Å². The number of likely N-dealkylation sites (tertiary alicyclic amines) is 1. The van der Waals surface area contributed by atoms with Crippen LogP contribution in [0.4, 0.5) is 0 Å². The van der Waals surface area contributed by atoms with Crippen molar-refractivity contribution < 1.29 is 14.7 Å². The normalized spacial score (nSPS) is 45.9. The lowest BCUT2D eigenvalue weighted by molar-refractivity contribution is -0.132. The van der Waals surface area contributed by atoms with Crippen LogP contribution in [-0.2, 0) is 9.59 Å². The molecular weight excluding hydrogens is 436 g/mol. The molecule has 35 heavy (non-hydrogen) atoms. The summed E-state index contributed by atoms with van der Waals surface area (Å²) in [6.07, 6.45) is 13.9. The largest absolute Gasteiger partial charge is 0.393 e. The number of amides is 2. The van der Waals surface area contributed by atoms with Gasteiger partial charge in [-0.1, -0.05) is 20.8 Å². The van der Waals surface area contributed by atoms with Gasteiger partial charge in [0.05, 0.1) is 6.10 Å². The summed E-state index contributed by atoms with van der Waals surface area (Å²) in [4.78, 5) is 26.3. The number of hydrogen-bond donors (Lipinski definition) is 2. The molecule has 4 saturated carbocycles. The van der Waals surface area contributed by atoms with Crippen molar-refractivity contribution in [3.05, 3.63) is 0 Å². The standard InChI is InChI=1S/C30H50N2O3/c1-19(5-10-28(35)32-16-13-22(18-32)31-20(2)33)25-8-9-26-24-7-6-21-17-23(34)11-14-29(21,3)27(24)12-15-30(25,26)4/h19,21-27,34H,5-18H2,1-4H3,(H,31,33)/t19?,21-,22?,23-,24-,25+,26-,27-,29-,30+/m0/s1. The zero-order chi connectivity index (χ0) is 25.0. The molecule has 1 saturated heterocycles. The fraction of sp³-hybridized carbons (Fsp3) is 0.933. The lowest BCUT2D eigenvalue weighted by atomic mass is 9.44. The molecule has 0 bridgehead atoms. The first-order valence-corrected chi connectivity index (χ1v) is 14.8. The van der Waals surface area contributed by atoms with Gasteiger partial charge in [-0.25, -0.2) is 0 Å². The first kappa shape index (κ1) is 25.5. The molecule has 2 N–H and O–H groups in total. The third-order valence-corrected chi connectivity index (χ3v) is 12.2. The smallest absolute Gasteiger partial charge is 0.222 e. The summed E-state index contributed by atoms with van der Waals surface area (Å²) in [5.41, 5.74) is 0.885. The van der Waals surface area contributed by atoms with Crippen molar-refractivity contribution in [3.63, 3.8) is 0 Å². The minimum atomic E-state index is -0.0604. The van der Waals surface area contributed by atoms with Crippen LogP contribution in [0.1, 0.15) is 105 Å². The summed E-state index contributed by atoms with van der Waals surface area (Å²) in [6, 6.07) is 0.128. The van der Waals surface area contributed by atoms with Gasteiger partial charge in [-0.2, -0.15) is 0 Å². The molecule has 5 rings (SSSR count). The van der Waals surface area contributed by atoms with Crippen molar-refractivity contribution in [2.24, 2.45) is 46.3 Å². The van der Waals surface area contributed by atoms with E-state index in [-0.39, 0.29) is 24.0 Å². The van der Waals surface area contributed by atoms with Crippen LogP contribution in [0.3, 0.4) is 0 Å². The van der Waals surface area contributed by atoms with E-state index in [4.69, 9.17) is 0 Å². The van der Waals surface area contributed by atoms with Crippen molar-refractivity contribution in [3.8, 4) is 0 Å². The molecule has 5 aliphatic rings. The van der Waals surface area contributed by atoms with E-state index < -0.39 is 0 Å². The van der Waals surface area contributed by atoms with Gasteiger partial charge in [-0.3, -0.25) is 9.59 Å². The Labute approximate surface area is 213 Å². The van der Waals surface area contributed by atoms with Gasteiger partial charge < -0.3 is 15.3 Å². The highest BCUT2D eigenvalue weighted by molar-refractivity contribution is 5.77. The highest BCUT2D eigenvalue weighted by atomic mass is 16.3. The molecular formula is C30H50N2O3. The zero-order valence-electron chi connectivity index (χ0n) is 22.7. The number of nitrogens with one attached hydrogen (secondary N) is 1. The SMILES string of the molecule is CC(=O)NC1CCN(C(=O)CCC(C)[C@H]2CC[C@H]3[C@@H]4CC[C@H]5C[C@@H](O)CC[C@]5(C)[C@H]4CC[C@]23C)C1. The van der Waals surface area contributed by atoms with Gasteiger partial charge in [0.15, 0.2) is 0 Å². The average Bonchev–Trinajstić information content (AvgIpc) is 3.41. The van der Waals surface area contributed by atoms with Crippen LogP contribution >= 0.6 is 0 Å². The molecule has 2 unspecified atom stereocenters. The minimum absolute atomic E-state index is 0.000215. The van der Waals surface area contributed by atoms with Gasteiger partial charge in [0.25, 0.3) is 0 Å². The number of rotatable bonds is 5. The molecule has 0 aromatic carbocycles. The van der Waals surface area contributed by atoms with Gasteiger partial charge >= 0.3 is 0 Å². The number of aliphatic hydroxyl groups excluding tert-OH is 1. The van der Waals surface area contributed by atoms with Crippen molar-refractivity contribution in [1.29, 1.82) is 0 Å². The number of nitrogens with zero attached hydrogens (tertiary/aromatic N) is 1. The van der Waals surface area contributed by atoms with E-state index in [1.54, 1.807) is 6.92 Å². The second kappa shape index (κ2) is 9.65. The van der Waals surface area contributed by atoms with E-state index >= 15 is 0 Å². The van der Waals surface area contributed by atoms with Crippen molar-refractivity contribution >= 4 is 11.8 Å². The Balaban J connectivity index is 1.18. The van der Waals surface area contributed by atoms with Gasteiger partial charge in [0.2, 0.25) is 11.8 Å². The molecule has 198 valence electrons. The predicted octanol–water partition coefficient (Wildman–Crippen LogP) is 5.16. The number of fused-ring (bicyclic) bond motifs is 5. The van der Waals surface area contributed by atoms with Crippen LogP contribution in [0, 0.1) is 46.3 Å². The lowest BCUT2D eigenvalue weighted by Gasteiger charge is -2.61. The Hall–Kier alpha value is -1.10. The Morgan fingerprint density at radius 1 is 1.00 bits per heavy atom. The quantitative estimate of drug-likeness (QED) is 0.564. The predicted molar refractivity (Wildman–Crippen MR) is 138 cm³/mol. The minimum Gasteiger partial charge on any atom is -0.393 e. The first-order chi connectivity index (χ1) is 16.6. The molecule has 2 amide bonds. The van der Waals surface area contributed by atoms with Crippen molar-refractivity contribution in [2.45, 2.75) is 117 Å². The average molecular weight is 487 g/mol. The van der Waals surface area contributed by atoms with Crippen LogP contribution in [0.15, 0.2) is 0 Å². The van der Waals surface area contributed by atoms with Crippen molar-refractivity contribution in [1.82, 2.24) is 10.2 Å². The highest BCUT2D eigenvalue weighted by Gasteiger charge is 2.60. The maximum atomic E-state index is 12.9. The molecule has 0 radical (unpaired) electrons. The Morgan fingerprint density at radius 3 is 2.51 bits per heavy atom. The molecule has 5 heteroatoms. The summed E-state index contributed by atoms with van der Waals surface area (Å²) in [7, 11) is 0. The molecule has 1 aliphatic heterocycles. The number of carbonyl (C=O) groups excluding carboxylic acids is 2. The first-order valence-electron chi connectivity index (χ1n) is 14.8. The fourth-order valence-corrected chi connectivity index (χ4v) is 10.3. The van der Waals surface area contributed by atoms with Gasteiger partial charge in [-0.15, -0.1) is 0 Å². The van der Waals surface area contributed by atoms with E-state index in [1.807, 2.05) is 4.90 Å². The molecule has 0 aromatic heterocycles. The molecule has 0 spiro atoms. The van der Waals surface area contributed by atoms with Gasteiger partial charge in [0.1, 0.15) is 0 Å². The Bertz CT molecular complexity index is 815. The lowest BCUT2D eigenvalue weighted by Crippen LogP contribution is -2.54. The second-order valence-corrected chi connectivity index (χ2v) is 13.9. The van der Waals surface area contributed by atoms with E-state index in [0.717, 1.165) is 61.8 Å². The molecule has 5 nitrogen and oxygen atoms in total.